The summed E-state index contributed by atoms with van der Waals surface area (Å²) in [6.07, 6.45) is 1.16. The van der Waals surface area contributed by atoms with E-state index in [1.165, 1.54) is 4.90 Å². The number of carbonyl (C=O) groups is 3. The number of carbonyl (C=O) groups excluding carboxylic acids is 3. The van der Waals surface area contributed by atoms with Gasteiger partial charge in [0.15, 0.2) is 12.1 Å². The second kappa shape index (κ2) is 10.6. The highest BCUT2D eigenvalue weighted by Gasteiger charge is 2.47. The first kappa shape index (κ1) is 23.6. The standard InChI is InChI=1S/C29H29N3O4/c33-25(16-20-8-3-1-4-9-20)31-24-13-7-12-23(17-24)27-26(28(34)30-18-21-14-15-21)32(29(35)36-27)19-22-10-5-2-6-11-22/h1-13,17,21,26-27H,14-16,18-19H2,(H,30,34)(H,31,33). The van der Waals surface area contributed by atoms with Gasteiger partial charge in [-0.2, -0.15) is 0 Å². The van der Waals surface area contributed by atoms with Crippen molar-refractivity contribution in [2.24, 2.45) is 5.92 Å². The van der Waals surface area contributed by atoms with Crippen molar-refractivity contribution in [3.05, 3.63) is 102 Å². The number of nitrogens with one attached hydrogen (secondary N) is 2. The molecule has 0 aromatic heterocycles. The Balaban J connectivity index is 1.35. The monoisotopic (exact) mass is 483 g/mol. The van der Waals surface area contributed by atoms with E-state index in [-0.39, 0.29) is 24.8 Å². The molecule has 184 valence electrons. The van der Waals surface area contributed by atoms with Gasteiger partial charge in [-0.3, -0.25) is 14.5 Å². The second-order valence-corrected chi connectivity index (χ2v) is 9.39. The maximum Gasteiger partial charge on any atom is 0.411 e. The van der Waals surface area contributed by atoms with E-state index in [9.17, 15) is 14.4 Å². The van der Waals surface area contributed by atoms with E-state index in [1.807, 2.05) is 66.7 Å². The SMILES string of the molecule is O=C(Cc1ccccc1)Nc1cccc(C2OC(=O)N(Cc3ccccc3)C2C(=O)NCC2CC2)c1. The quantitative estimate of drug-likeness (QED) is 0.471. The molecule has 0 spiro atoms. The molecule has 2 aliphatic rings. The number of ether oxygens (including phenoxy) is 1. The van der Waals surface area contributed by atoms with Crippen LogP contribution < -0.4 is 10.6 Å². The lowest BCUT2D eigenvalue weighted by Crippen LogP contribution is -2.46. The van der Waals surface area contributed by atoms with E-state index in [2.05, 4.69) is 10.6 Å². The normalized spacial score (nSPS) is 19.0. The molecule has 1 saturated carbocycles. The van der Waals surface area contributed by atoms with Gasteiger partial charge < -0.3 is 15.4 Å². The maximum absolute atomic E-state index is 13.3. The molecule has 7 heteroatoms. The zero-order valence-electron chi connectivity index (χ0n) is 19.9. The minimum absolute atomic E-state index is 0.147. The average molecular weight is 484 g/mol. The minimum Gasteiger partial charge on any atom is -0.438 e. The predicted octanol–water partition coefficient (Wildman–Crippen LogP) is 4.46. The number of anilines is 1. The number of rotatable bonds is 9. The molecule has 2 N–H and O–H groups in total. The van der Waals surface area contributed by atoms with Crippen molar-refractivity contribution < 1.29 is 19.1 Å². The first-order chi connectivity index (χ1) is 17.6. The Hall–Kier alpha value is -4.13. The van der Waals surface area contributed by atoms with Crippen LogP contribution in [0.1, 0.15) is 35.6 Å². The highest BCUT2D eigenvalue weighted by molar-refractivity contribution is 5.92. The third-order valence-corrected chi connectivity index (χ3v) is 6.52. The molecule has 7 nitrogen and oxygen atoms in total. The van der Waals surface area contributed by atoms with Gasteiger partial charge in [-0.25, -0.2) is 4.79 Å². The Morgan fingerprint density at radius 2 is 1.58 bits per heavy atom. The van der Waals surface area contributed by atoms with Gasteiger partial charge in [0.1, 0.15) is 0 Å². The predicted molar refractivity (Wildman–Crippen MR) is 136 cm³/mol. The van der Waals surface area contributed by atoms with Crippen molar-refractivity contribution in [2.75, 3.05) is 11.9 Å². The molecule has 0 bridgehead atoms. The Bertz CT molecular complexity index is 1230. The van der Waals surface area contributed by atoms with Gasteiger partial charge in [-0.15, -0.1) is 0 Å². The van der Waals surface area contributed by atoms with Gasteiger partial charge in [-0.1, -0.05) is 72.8 Å². The molecule has 0 radical (unpaired) electrons. The van der Waals surface area contributed by atoms with Gasteiger partial charge in [0.2, 0.25) is 11.8 Å². The number of benzene rings is 3. The van der Waals surface area contributed by atoms with Crippen molar-refractivity contribution in [1.82, 2.24) is 10.2 Å². The van der Waals surface area contributed by atoms with Crippen LogP contribution in [0, 0.1) is 5.92 Å². The van der Waals surface area contributed by atoms with Crippen LogP contribution in [0.5, 0.6) is 0 Å². The summed E-state index contributed by atoms with van der Waals surface area (Å²) in [6, 6.07) is 25.4. The number of hydrogen-bond acceptors (Lipinski definition) is 4. The topological polar surface area (TPSA) is 87.7 Å². The van der Waals surface area contributed by atoms with Crippen LogP contribution >= 0.6 is 0 Å². The molecular weight excluding hydrogens is 454 g/mol. The molecule has 5 rings (SSSR count). The van der Waals surface area contributed by atoms with Gasteiger partial charge >= 0.3 is 6.09 Å². The highest BCUT2D eigenvalue weighted by Crippen LogP contribution is 2.35. The first-order valence-corrected chi connectivity index (χ1v) is 12.3. The van der Waals surface area contributed by atoms with Crippen LogP contribution in [-0.4, -0.2) is 35.4 Å². The van der Waals surface area contributed by atoms with Crippen molar-refractivity contribution in [3.8, 4) is 0 Å². The molecule has 2 unspecified atom stereocenters. The third-order valence-electron chi connectivity index (χ3n) is 6.52. The molecular formula is C29H29N3O4. The molecule has 3 aromatic carbocycles. The lowest BCUT2D eigenvalue weighted by atomic mass is 10.00. The van der Waals surface area contributed by atoms with Crippen LogP contribution in [-0.2, 0) is 27.3 Å². The highest BCUT2D eigenvalue weighted by atomic mass is 16.6. The molecule has 1 aliphatic heterocycles. The van der Waals surface area contributed by atoms with Crippen LogP contribution in [0.15, 0.2) is 84.9 Å². The summed E-state index contributed by atoms with van der Waals surface area (Å²) in [7, 11) is 0. The van der Waals surface area contributed by atoms with Crippen LogP contribution in [0.25, 0.3) is 0 Å². The number of hydrogen-bond donors (Lipinski definition) is 2. The van der Waals surface area contributed by atoms with Gasteiger partial charge in [0, 0.05) is 12.2 Å². The average Bonchev–Trinajstić information content (AvgIpc) is 3.66. The Morgan fingerprint density at radius 1 is 0.889 bits per heavy atom. The number of cyclic esters (lactones) is 1. The Morgan fingerprint density at radius 3 is 2.28 bits per heavy atom. The van der Waals surface area contributed by atoms with E-state index in [0.29, 0.717) is 23.7 Å². The minimum atomic E-state index is -0.813. The lowest BCUT2D eigenvalue weighted by Gasteiger charge is -2.24. The smallest absolute Gasteiger partial charge is 0.411 e. The van der Waals surface area contributed by atoms with E-state index < -0.39 is 18.2 Å². The largest absolute Gasteiger partial charge is 0.438 e. The molecule has 1 saturated heterocycles. The third kappa shape index (κ3) is 5.74. The molecule has 3 aromatic rings. The fourth-order valence-electron chi connectivity index (χ4n) is 4.44. The van der Waals surface area contributed by atoms with Crippen molar-refractivity contribution in [3.63, 3.8) is 0 Å². The molecule has 1 aliphatic carbocycles. The molecule has 1 heterocycles. The van der Waals surface area contributed by atoms with Crippen LogP contribution in [0.2, 0.25) is 0 Å². The van der Waals surface area contributed by atoms with Crippen molar-refractivity contribution >= 4 is 23.6 Å². The Kier molecular flexibility index (Phi) is 6.98. The van der Waals surface area contributed by atoms with E-state index in [1.54, 1.807) is 18.2 Å². The zero-order chi connectivity index (χ0) is 24.9. The van der Waals surface area contributed by atoms with Gasteiger partial charge in [0.05, 0.1) is 13.0 Å². The van der Waals surface area contributed by atoms with E-state index in [0.717, 1.165) is 24.0 Å². The lowest BCUT2D eigenvalue weighted by molar-refractivity contribution is -0.126. The van der Waals surface area contributed by atoms with Crippen LogP contribution in [0.4, 0.5) is 10.5 Å². The zero-order valence-corrected chi connectivity index (χ0v) is 19.9. The molecule has 2 atom stereocenters. The van der Waals surface area contributed by atoms with E-state index in [4.69, 9.17) is 4.74 Å². The second-order valence-electron chi connectivity index (χ2n) is 9.39. The fourth-order valence-corrected chi connectivity index (χ4v) is 4.44. The maximum atomic E-state index is 13.3. The van der Waals surface area contributed by atoms with Crippen molar-refractivity contribution in [1.29, 1.82) is 0 Å². The summed E-state index contributed by atoms with van der Waals surface area (Å²) in [5, 5.41) is 5.93. The Labute approximate surface area is 210 Å². The number of nitrogens with zero attached hydrogens (tertiary/aromatic N) is 1. The van der Waals surface area contributed by atoms with Crippen LogP contribution in [0.3, 0.4) is 0 Å². The first-order valence-electron chi connectivity index (χ1n) is 12.3. The summed E-state index contributed by atoms with van der Waals surface area (Å²) in [6.45, 7) is 0.871. The molecule has 3 amide bonds. The summed E-state index contributed by atoms with van der Waals surface area (Å²) in [5.74, 6) is 0.134. The number of amides is 3. The molecule has 36 heavy (non-hydrogen) atoms. The summed E-state index contributed by atoms with van der Waals surface area (Å²) < 4.78 is 5.76. The molecule has 2 fully saturated rings. The van der Waals surface area contributed by atoms with Gasteiger partial charge in [-0.05, 0) is 47.6 Å². The van der Waals surface area contributed by atoms with Crippen molar-refractivity contribution in [2.45, 2.75) is 38.0 Å². The van der Waals surface area contributed by atoms with Gasteiger partial charge in [0.25, 0.3) is 0 Å². The summed E-state index contributed by atoms with van der Waals surface area (Å²) in [4.78, 5) is 40.3. The summed E-state index contributed by atoms with van der Waals surface area (Å²) in [5.41, 5.74) is 3.07. The van der Waals surface area contributed by atoms with E-state index >= 15 is 0 Å². The summed E-state index contributed by atoms with van der Waals surface area (Å²) >= 11 is 0. The fraction of sp³-hybridized carbons (Fsp3) is 0.276.